The Labute approximate surface area is 157 Å². The van der Waals surface area contributed by atoms with Crippen LogP contribution in [0.5, 0.6) is 0 Å². The van der Waals surface area contributed by atoms with Gasteiger partial charge in [-0.1, -0.05) is 25.4 Å². The molecule has 0 aliphatic rings. The monoisotopic (exact) mass is 378 g/mol. The van der Waals surface area contributed by atoms with Crippen LogP contribution in [0, 0.1) is 5.92 Å². The van der Waals surface area contributed by atoms with Crippen molar-refractivity contribution in [2.24, 2.45) is 5.92 Å². The molecule has 1 unspecified atom stereocenters. The maximum atomic E-state index is 12.1. The highest BCUT2D eigenvalue weighted by Gasteiger charge is 2.22. The second-order valence-electron chi connectivity index (χ2n) is 6.40. The number of aromatic nitrogens is 1. The van der Waals surface area contributed by atoms with Gasteiger partial charge in [0.15, 0.2) is 11.7 Å². The lowest BCUT2D eigenvalue weighted by molar-refractivity contribution is -0.145. The van der Waals surface area contributed by atoms with Crippen molar-refractivity contribution in [3.8, 4) is 11.3 Å². The lowest BCUT2D eigenvalue weighted by atomic mass is 10.0. The molecular weight excluding hydrogens is 356 g/mol. The SMILES string of the molecule is COC(=O)C(CC(C)C)NC(=O)CCc1ncc(-c2ccc(Cl)cc2)o1. The fourth-order valence-corrected chi connectivity index (χ4v) is 2.61. The normalized spacial score (nSPS) is 12.0. The van der Waals surface area contributed by atoms with Crippen molar-refractivity contribution >= 4 is 23.5 Å². The van der Waals surface area contributed by atoms with E-state index >= 15 is 0 Å². The molecule has 0 saturated heterocycles. The van der Waals surface area contributed by atoms with E-state index in [-0.39, 0.29) is 18.2 Å². The summed E-state index contributed by atoms with van der Waals surface area (Å²) in [6, 6.07) is 6.59. The summed E-state index contributed by atoms with van der Waals surface area (Å²) in [5.74, 6) is 0.654. The Hall–Kier alpha value is -2.34. The number of amides is 1. The number of oxazole rings is 1. The third-order valence-electron chi connectivity index (χ3n) is 3.78. The summed E-state index contributed by atoms with van der Waals surface area (Å²) in [5, 5.41) is 3.36. The van der Waals surface area contributed by atoms with Gasteiger partial charge in [-0.25, -0.2) is 9.78 Å². The van der Waals surface area contributed by atoms with Gasteiger partial charge in [0.25, 0.3) is 0 Å². The smallest absolute Gasteiger partial charge is 0.328 e. The van der Waals surface area contributed by atoms with Gasteiger partial charge in [-0.15, -0.1) is 0 Å². The summed E-state index contributed by atoms with van der Waals surface area (Å²) < 4.78 is 10.4. The van der Waals surface area contributed by atoms with Gasteiger partial charge in [0.1, 0.15) is 6.04 Å². The molecule has 0 aliphatic carbocycles. The molecule has 1 N–H and O–H groups in total. The maximum Gasteiger partial charge on any atom is 0.328 e. The number of methoxy groups -OCH3 is 1. The van der Waals surface area contributed by atoms with Crippen LogP contribution in [0.15, 0.2) is 34.9 Å². The molecule has 0 bridgehead atoms. The van der Waals surface area contributed by atoms with Crippen molar-refractivity contribution in [1.82, 2.24) is 10.3 Å². The topological polar surface area (TPSA) is 81.4 Å². The Balaban J connectivity index is 1.90. The van der Waals surface area contributed by atoms with Crippen molar-refractivity contribution in [2.45, 2.75) is 39.2 Å². The lowest BCUT2D eigenvalue weighted by Crippen LogP contribution is -2.42. The molecule has 0 saturated carbocycles. The number of halogens is 1. The number of benzene rings is 1. The molecule has 6 nitrogen and oxygen atoms in total. The predicted molar refractivity (Wildman–Crippen MR) is 98.7 cm³/mol. The van der Waals surface area contributed by atoms with Crippen LogP contribution >= 0.6 is 11.6 Å². The molecular formula is C19H23ClN2O4. The van der Waals surface area contributed by atoms with Crippen LogP contribution in [0.2, 0.25) is 5.02 Å². The van der Waals surface area contributed by atoms with E-state index in [1.807, 2.05) is 26.0 Å². The quantitative estimate of drug-likeness (QED) is 0.709. The highest BCUT2D eigenvalue weighted by Crippen LogP contribution is 2.22. The van der Waals surface area contributed by atoms with Gasteiger partial charge in [0, 0.05) is 23.4 Å². The molecule has 1 heterocycles. The molecule has 1 amide bonds. The Kier molecular flexibility index (Phi) is 7.21. The van der Waals surface area contributed by atoms with Crippen LogP contribution in [0.1, 0.15) is 32.6 Å². The minimum atomic E-state index is -0.637. The predicted octanol–water partition coefficient (Wildman–Crippen LogP) is 3.63. The summed E-state index contributed by atoms with van der Waals surface area (Å²) in [6.45, 7) is 3.96. The largest absolute Gasteiger partial charge is 0.467 e. The van der Waals surface area contributed by atoms with Crippen LogP contribution in [-0.2, 0) is 20.7 Å². The summed E-state index contributed by atoms with van der Waals surface area (Å²) in [4.78, 5) is 28.1. The van der Waals surface area contributed by atoms with Gasteiger partial charge < -0.3 is 14.5 Å². The molecule has 0 radical (unpaired) electrons. The number of nitrogens with zero attached hydrogens (tertiary/aromatic N) is 1. The van der Waals surface area contributed by atoms with Crippen molar-refractivity contribution in [3.05, 3.63) is 41.4 Å². The molecule has 2 aromatic rings. The number of carbonyl (C=O) groups is 2. The van der Waals surface area contributed by atoms with E-state index in [9.17, 15) is 9.59 Å². The molecule has 140 valence electrons. The minimum absolute atomic E-state index is 0.173. The Morgan fingerprint density at radius 3 is 2.58 bits per heavy atom. The zero-order chi connectivity index (χ0) is 19.1. The van der Waals surface area contributed by atoms with Crippen molar-refractivity contribution in [2.75, 3.05) is 7.11 Å². The van der Waals surface area contributed by atoms with E-state index in [0.29, 0.717) is 29.5 Å². The van der Waals surface area contributed by atoms with Crippen LogP contribution in [0.3, 0.4) is 0 Å². The summed E-state index contributed by atoms with van der Waals surface area (Å²) in [7, 11) is 1.31. The molecule has 0 spiro atoms. The van der Waals surface area contributed by atoms with E-state index in [1.54, 1.807) is 18.3 Å². The number of hydrogen-bond donors (Lipinski definition) is 1. The van der Waals surface area contributed by atoms with Gasteiger partial charge in [0.05, 0.1) is 13.3 Å². The number of hydrogen-bond acceptors (Lipinski definition) is 5. The van der Waals surface area contributed by atoms with Gasteiger partial charge in [-0.05, 0) is 36.6 Å². The second kappa shape index (κ2) is 9.38. The Morgan fingerprint density at radius 2 is 1.96 bits per heavy atom. The lowest BCUT2D eigenvalue weighted by Gasteiger charge is -2.18. The number of ether oxygens (including phenoxy) is 1. The summed E-state index contributed by atoms with van der Waals surface area (Å²) >= 11 is 5.87. The number of aryl methyl sites for hydroxylation is 1. The highest BCUT2D eigenvalue weighted by atomic mass is 35.5. The zero-order valence-corrected chi connectivity index (χ0v) is 15.9. The van der Waals surface area contributed by atoms with E-state index in [2.05, 4.69) is 10.3 Å². The highest BCUT2D eigenvalue weighted by molar-refractivity contribution is 6.30. The molecule has 1 aromatic heterocycles. The first-order valence-electron chi connectivity index (χ1n) is 8.47. The molecule has 1 atom stereocenters. The van der Waals surface area contributed by atoms with E-state index in [4.69, 9.17) is 20.8 Å². The zero-order valence-electron chi connectivity index (χ0n) is 15.1. The van der Waals surface area contributed by atoms with Crippen molar-refractivity contribution in [3.63, 3.8) is 0 Å². The van der Waals surface area contributed by atoms with E-state index < -0.39 is 12.0 Å². The molecule has 7 heteroatoms. The maximum absolute atomic E-state index is 12.1. The van der Waals surface area contributed by atoms with Gasteiger partial charge in [-0.3, -0.25) is 4.79 Å². The van der Waals surface area contributed by atoms with Gasteiger partial charge in [0.2, 0.25) is 5.91 Å². The third kappa shape index (κ3) is 5.88. The molecule has 2 rings (SSSR count). The fraction of sp³-hybridized carbons (Fsp3) is 0.421. The third-order valence-corrected chi connectivity index (χ3v) is 4.03. The number of esters is 1. The molecule has 1 aromatic carbocycles. The standard InChI is InChI=1S/C19H23ClN2O4/c1-12(2)10-15(19(24)25-3)22-17(23)8-9-18-21-11-16(26-18)13-4-6-14(20)7-5-13/h4-7,11-12,15H,8-10H2,1-3H3,(H,22,23). The minimum Gasteiger partial charge on any atom is -0.467 e. The van der Waals surface area contributed by atoms with Gasteiger partial charge in [-0.2, -0.15) is 0 Å². The number of carbonyl (C=O) groups excluding carboxylic acids is 2. The fourth-order valence-electron chi connectivity index (χ4n) is 2.49. The first-order chi connectivity index (χ1) is 12.4. The first-order valence-corrected chi connectivity index (χ1v) is 8.84. The summed E-state index contributed by atoms with van der Waals surface area (Å²) in [6.07, 6.45) is 2.66. The van der Waals surface area contributed by atoms with Crippen molar-refractivity contribution in [1.29, 1.82) is 0 Å². The molecule has 0 aliphatic heterocycles. The summed E-state index contributed by atoms with van der Waals surface area (Å²) in [5.41, 5.74) is 0.861. The number of rotatable bonds is 8. The van der Waals surface area contributed by atoms with Crippen molar-refractivity contribution < 1.29 is 18.7 Å². The Bertz CT molecular complexity index is 740. The van der Waals surface area contributed by atoms with Crippen LogP contribution in [-0.4, -0.2) is 30.0 Å². The molecule has 26 heavy (non-hydrogen) atoms. The Morgan fingerprint density at radius 1 is 1.27 bits per heavy atom. The van der Waals surface area contributed by atoms with E-state index in [0.717, 1.165) is 5.56 Å². The van der Waals surface area contributed by atoms with Crippen LogP contribution in [0.4, 0.5) is 0 Å². The van der Waals surface area contributed by atoms with E-state index in [1.165, 1.54) is 7.11 Å². The molecule has 0 fully saturated rings. The van der Waals surface area contributed by atoms with Crippen LogP contribution < -0.4 is 5.32 Å². The van der Waals surface area contributed by atoms with Crippen LogP contribution in [0.25, 0.3) is 11.3 Å². The second-order valence-corrected chi connectivity index (χ2v) is 6.83. The average Bonchev–Trinajstić information content (AvgIpc) is 3.08. The first kappa shape index (κ1) is 20.0. The average molecular weight is 379 g/mol. The van der Waals surface area contributed by atoms with Gasteiger partial charge >= 0.3 is 5.97 Å². The number of nitrogens with one attached hydrogen (secondary N) is 1.